The van der Waals surface area contributed by atoms with Gasteiger partial charge in [-0.3, -0.25) is 0 Å². The van der Waals surface area contributed by atoms with Gasteiger partial charge in [-0.05, 0) is 54.6 Å². The third kappa shape index (κ3) is 4.79. The van der Waals surface area contributed by atoms with Crippen LogP contribution in [0.2, 0.25) is 4.34 Å². The van der Waals surface area contributed by atoms with Crippen molar-refractivity contribution in [3.63, 3.8) is 0 Å². The lowest BCUT2D eigenvalue weighted by atomic mass is 9.99. The van der Waals surface area contributed by atoms with Crippen molar-refractivity contribution in [2.45, 2.75) is 39.5 Å². The Morgan fingerprint density at radius 2 is 2.00 bits per heavy atom. The molecule has 29 heavy (non-hydrogen) atoms. The molecule has 0 atom stereocenters. The normalized spacial score (nSPS) is 11.7. The van der Waals surface area contributed by atoms with Crippen LogP contribution in [0.25, 0.3) is 10.7 Å². The topological polar surface area (TPSA) is 52.1 Å². The van der Waals surface area contributed by atoms with Crippen molar-refractivity contribution in [3.8, 4) is 16.5 Å². The third-order valence-electron chi connectivity index (χ3n) is 4.48. The highest BCUT2D eigenvalue weighted by molar-refractivity contribution is 7.19. The van der Waals surface area contributed by atoms with E-state index in [-0.39, 0.29) is 17.9 Å². The van der Waals surface area contributed by atoms with Crippen LogP contribution in [0.4, 0.5) is 13.2 Å². The second-order valence-electron chi connectivity index (χ2n) is 6.27. The molecule has 0 aliphatic carbocycles. The maximum Gasteiger partial charge on any atom is 0.427 e. The van der Waals surface area contributed by atoms with Crippen LogP contribution in [0.15, 0.2) is 18.3 Å². The van der Waals surface area contributed by atoms with E-state index >= 15 is 0 Å². The van der Waals surface area contributed by atoms with Gasteiger partial charge >= 0.3 is 6.18 Å². The first-order valence-electron chi connectivity index (χ1n) is 8.55. The minimum Gasteiger partial charge on any atom is -0.488 e. The molecule has 0 bridgehead atoms. The lowest BCUT2D eigenvalue weighted by Crippen LogP contribution is -2.09. The van der Waals surface area contributed by atoms with Crippen molar-refractivity contribution in [1.29, 1.82) is 0 Å². The van der Waals surface area contributed by atoms with Crippen LogP contribution in [-0.4, -0.2) is 15.6 Å². The van der Waals surface area contributed by atoms with E-state index in [4.69, 9.17) is 16.3 Å². The fourth-order valence-electron chi connectivity index (χ4n) is 2.84. The second kappa shape index (κ2) is 8.81. The molecule has 0 fully saturated rings. The molecule has 0 aliphatic rings. The summed E-state index contributed by atoms with van der Waals surface area (Å²) in [6.45, 7) is 3.44. The van der Waals surface area contributed by atoms with Gasteiger partial charge in [-0.2, -0.15) is 17.5 Å². The standard InChI is InChI=1S/C19H16ClF3N2O2S2/c1-10-11(2)14(6-5-12(10)4-3-7-26)27-9-13-16(18-24-8-15(20)28-18)25-29-17(13)19(21,22)23/h5-8H,3-4,9H2,1-2H3. The van der Waals surface area contributed by atoms with E-state index in [0.29, 0.717) is 39.5 Å². The van der Waals surface area contributed by atoms with E-state index in [1.54, 1.807) is 6.07 Å². The Labute approximate surface area is 178 Å². The fourth-order valence-corrected chi connectivity index (χ4v) is 4.58. The first kappa shape index (κ1) is 21.7. The number of alkyl halides is 3. The number of aryl methyl sites for hydroxylation is 1. The number of ether oxygens (including phenoxy) is 1. The molecular weight excluding hydrogens is 445 g/mol. The Morgan fingerprint density at radius 1 is 1.24 bits per heavy atom. The number of hydrogen-bond donors (Lipinski definition) is 0. The van der Waals surface area contributed by atoms with Gasteiger partial charge in [-0.15, -0.1) is 11.3 Å². The number of benzene rings is 1. The number of aldehydes is 1. The summed E-state index contributed by atoms with van der Waals surface area (Å²) in [6.07, 6.45) is -1.29. The van der Waals surface area contributed by atoms with Gasteiger partial charge in [-0.1, -0.05) is 17.7 Å². The summed E-state index contributed by atoms with van der Waals surface area (Å²) in [6, 6.07) is 3.55. The van der Waals surface area contributed by atoms with Crippen molar-refractivity contribution in [3.05, 3.63) is 49.8 Å². The molecule has 0 N–H and O–H groups in total. The largest absolute Gasteiger partial charge is 0.488 e. The van der Waals surface area contributed by atoms with E-state index in [0.717, 1.165) is 34.3 Å². The number of nitrogens with zero attached hydrogens (tertiary/aromatic N) is 2. The van der Waals surface area contributed by atoms with E-state index < -0.39 is 11.1 Å². The average molecular weight is 461 g/mol. The predicted molar refractivity (Wildman–Crippen MR) is 108 cm³/mol. The molecule has 10 heteroatoms. The Hall–Kier alpha value is -1.97. The van der Waals surface area contributed by atoms with Crippen LogP contribution < -0.4 is 4.74 Å². The fraction of sp³-hybridized carbons (Fsp3) is 0.316. The SMILES string of the molecule is Cc1c(CCC=O)ccc(OCc2c(-c3ncc(Cl)s3)nsc2C(F)(F)F)c1C. The Balaban J connectivity index is 1.91. The molecule has 0 saturated heterocycles. The molecule has 2 aromatic heterocycles. The van der Waals surface area contributed by atoms with Gasteiger partial charge in [0.05, 0.1) is 6.20 Å². The summed E-state index contributed by atoms with van der Waals surface area (Å²) in [7, 11) is 0. The minimum atomic E-state index is -4.54. The van der Waals surface area contributed by atoms with Gasteiger partial charge in [-0.25, -0.2) is 4.98 Å². The monoisotopic (exact) mass is 460 g/mol. The van der Waals surface area contributed by atoms with Crippen molar-refractivity contribution in [1.82, 2.24) is 9.36 Å². The van der Waals surface area contributed by atoms with Crippen LogP contribution >= 0.6 is 34.5 Å². The summed E-state index contributed by atoms with van der Waals surface area (Å²) in [5.74, 6) is 0.486. The predicted octanol–water partition coefficient (Wildman–Crippen LogP) is 6.27. The van der Waals surface area contributed by atoms with Gasteiger partial charge in [0, 0.05) is 12.0 Å². The van der Waals surface area contributed by atoms with Crippen molar-refractivity contribution >= 4 is 40.8 Å². The Morgan fingerprint density at radius 3 is 2.62 bits per heavy atom. The molecule has 3 rings (SSSR count). The molecular formula is C19H16ClF3N2O2S2. The average Bonchev–Trinajstić information content (AvgIpc) is 3.27. The lowest BCUT2D eigenvalue weighted by Gasteiger charge is -2.15. The zero-order valence-corrected chi connectivity index (χ0v) is 17.9. The molecule has 3 aromatic rings. The van der Waals surface area contributed by atoms with Gasteiger partial charge in [0.25, 0.3) is 0 Å². The summed E-state index contributed by atoms with van der Waals surface area (Å²) >= 11 is 7.32. The number of aromatic nitrogens is 2. The van der Waals surface area contributed by atoms with Crippen LogP contribution in [0, 0.1) is 13.8 Å². The number of rotatable bonds is 7. The molecule has 4 nitrogen and oxygen atoms in total. The van der Waals surface area contributed by atoms with Crippen LogP contribution in [0.3, 0.4) is 0 Å². The van der Waals surface area contributed by atoms with Crippen LogP contribution in [0.5, 0.6) is 5.75 Å². The van der Waals surface area contributed by atoms with E-state index in [9.17, 15) is 18.0 Å². The quantitative estimate of drug-likeness (QED) is 0.390. The minimum absolute atomic E-state index is 0.0596. The first-order chi connectivity index (χ1) is 13.7. The number of hydrogen-bond acceptors (Lipinski definition) is 6. The molecule has 0 spiro atoms. The van der Waals surface area contributed by atoms with E-state index in [1.807, 2.05) is 19.9 Å². The van der Waals surface area contributed by atoms with E-state index in [2.05, 4.69) is 9.36 Å². The van der Waals surface area contributed by atoms with Gasteiger partial charge in [0.2, 0.25) is 0 Å². The van der Waals surface area contributed by atoms with Crippen molar-refractivity contribution < 1.29 is 22.7 Å². The van der Waals surface area contributed by atoms with Crippen LogP contribution in [-0.2, 0) is 24.0 Å². The zero-order chi connectivity index (χ0) is 21.2. The highest BCUT2D eigenvalue weighted by Gasteiger charge is 2.38. The number of carbonyl (C=O) groups is 1. The van der Waals surface area contributed by atoms with Gasteiger partial charge in [0.1, 0.15) is 38.6 Å². The molecule has 2 heterocycles. The summed E-state index contributed by atoms with van der Waals surface area (Å²) in [5.41, 5.74) is 2.86. The summed E-state index contributed by atoms with van der Waals surface area (Å²) in [4.78, 5) is 13.8. The maximum absolute atomic E-state index is 13.5. The Bertz CT molecular complexity index is 1030. The second-order valence-corrected chi connectivity index (χ2v) is 8.71. The van der Waals surface area contributed by atoms with Crippen molar-refractivity contribution in [2.24, 2.45) is 0 Å². The molecule has 0 saturated carbocycles. The zero-order valence-electron chi connectivity index (χ0n) is 15.5. The number of halogens is 4. The van der Waals surface area contributed by atoms with E-state index in [1.165, 1.54) is 6.20 Å². The molecule has 154 valence electrons. The van der Waals surface area contributed by atoms with Crippen LogP contribution in [0.1, 0.15) is 33.6 Å². The van der Waals surface area contributed by atoms with Crippen molar-refractivity contribution in [2.75, 3.05) is 0 Å². The van der Waals surface area contributed by atoms with Gasteiger partial charge in [0.15, 0.2) is 0 Å². The maximum atomic E-state index is 13.5. The summed E-state index contributed by atoms with van der Waals surface area (Å²) in [5, 5.41) is 0.317. The molecule has 0 amide bonds. The Kier molecular flexibility index (Phi) is 6.60. The molecule has 0 aliphatic heterocycles. The lowest BCUT2D eigenvalue weighted by molar-refractivity contribution is -0.135. The molecule has 0 radical (unpaired) electrons. The molecule has 1 aromatic carbocycles. The smallest absolute Gasteiger partial charge is 0.427 e. The molecule has 0 unspecified atom stereocenters. The van der Waals surface area contributed by atoms with Gasteiger partial charge < -0.3 is 9.53 Å². The first-order valence-corrected chi connectivity index (χ1v) is 10.5. The highest BCUT2D eigenvalue weighted by Crippen LogP contribution is 2.41. The number of carbonyl (C=O) groups excluding carboxylic acids is 1. The third-order valence-corrected chi connectivity index (χ3v) is 6.53. The number of thiazole rings is 1. The highest BCUT2D eigenvalue weighted by atomic mass is 35.5. The summed E-state index contributed by atoms with van der Waals surface area (Å²) < 4.78 is 50.5.